The summed E-state index contributed by atoms with van der Waals surface area (Å²) in [7, 11) is -3.38. The van der Waals surface area contributed by atoms with Gasteiger partial charge in [-0.1, -0.05) is 17.7 Å². The third-order valence-electron chi connectivity index (χ3n) is 1.42. The van der Waals surface area contributed by atoms with Gasteiger partial charge in [0.05, 0.1) is 17.0 Å². The first-order valence-corrected chi connectivity index (χ1v) is 5.92. The van der Waals surface area contributed by atoms with Gasteiger partial charge in [-0.3, -0.25) is 9.52 Å². The predicted molar refractivity (Wildman–Crippen MR) is 55.3 cm³/mol. The molecule has 0 heterocycles. The number of anilines is 1. The molecule has 0 aromatic heterocycles. The maximum Gasteiger partial charge on any atom is 0.229 e. The van der Waals surface area contributed by atoms with E-state index < -0.39 is 10.0 Å². The van der Waals surface area contributed by atoms with Gasteiger partial charge in [0.1, 0.15) is 6.29 Å². The van der Waals surface area contributed by atoms with Gasteiger partial charge in [-0.2, -0.15) is 0 Å². The van der Waals surface area contributed by atoms with E-state index in [4.69, 9.17) is 11.6 Å². The van der Waals surface area contributed by atoms with Crippen molar-refractivity contribution in [1.29, 1.82) is 0 Å². The normalized spacial score (nSPS) is 11.0. The molecular weight excluding hydrogens is 226 g/mol. The summed E-state index contributed by atoms with van der Waals surface area (Å²) in [6.45, 7) is 0. The molecular formula is C8H8ClNO3S. The van der Waals surface area contributed by atoms with Crippen LogP contribution in [-0.4, -0.2) is 21.0 Å². The number of sulfonamides is 1. The van der Waals surface area contributed by atoms with Gasteiger partial charge in [0, 0.05) is 5.56 Å². The zero-order valence-corrected chi connectivity index (χ0v) is 8.89. The first-order chi connectivity index (χ1) is 6.42. The van der Waals surface area contributed by atoms with E-state index >= 15 is 0 Å². The molecule has 0 fully saturated rings. The highest BCUT2D eigenvalue weighted by Crippen LogP contribution is 2.23. The molecule has 0 atom stereocenters. The average molecular weight is 234 g/mol. The van der Waals surface area contributed by atoms with Crippen LogP contribution in [0.25, 0.3) is 0 Å². The first kappa shape index (κ1) is 11.0. The summed E-state index contributed by atoms with van der Waals surface area (Å²) >= 11 is 5.72. The lowest BCUT2D eigenvalue weighted by atomic mass is 10.2. The van der Waals surface area contributed by atoms with Gasteiger partial charge in [0.2, 0.25) is 10.0 Å². The third-order valence-corrected chi connectivity index (χ3v) is 2.34. The lowest BCUT2D eigenvalue weighted by Gasteiger charge is -2.05. The molecule has 1 N–H and O–H groups in total. The molecule has 6 heteroatoms. The Morgan fingerprint density at radius 2 is 2.07 bits per heavy atom. The van der Waals surface area contributed by atoms with Crippen molar-refractivity contribution in [3.63, 3.8) is 0 Å². The summed E-state index contributed by atoms with van der Waals surface area (Å²) in [6, 6.07) is 4.33. The number of carbonyl (C=O) groups is 1. The minimum Gasteiger partial charge on any atom is -0.298 e. The Morgan fingerprint density at radius 1 is 1.43 bits per heavy atom. The Kier molecular flexibility index (Phi) is 3.13. The zero-order valence-electron chi connectivity index (χ0n) is 7.32. The highest BCUT2D eigenvalue weighted by Gasteiger charge is 2.06. The van der Waals surface area contributed by atoms with Gasteiger partial charge < -0.3 is 0 Å². The Bertz CT molecular complexity index is 456. The van der Waals surface area contributed by atoms with E-state index in [1.165, 1.54) is 18.2 Å². The van der Waals surface area contributed by atoms with E-state index in [1.807, 2.05) is 0 Å². The van der Waals surface area contributed by atoms with Crippen LogP contribution in [0.15, 0.2) is 18.2 Å². The second-order valence-corrected chi connectivity index (χ2v) is 4.89. The number of nitrogens with one attached hydrogen (secondary N) is 1. The fraction of sp³-hybridized carbons (Fsp3) is 0.125. The number of carbonyl (C=O) groups excluding carboxylic acids is 1. The molecule has 0 aliphatic heterocycles. The van der Waals surface area contributed by atoms with Crippen LogP contribution in [0.1, 0.15) is 10.4 Å². The molecule has 4 nitrogen and oxygen atoms in total. The van der Waals surface area contributed by atoms with Gasteiger partial charge in [-0.05, 0) is 12.1 Å². The fourth-order valence-corrected chi connectivity index (χ4v) is 1.68. The molecule has 76 valence electrons. The first-order valence-electron chi connectivity index (χ1n) is 3.65. The summed E-state index contributed by atoms with van der Waals surface area (Å²) in [6.07, 6.45) is 1.63. The molecule has 0 bridgehead atoms. The highest BCUT2D eigenvalue weighted by atomic mass is 35.5. The third kappa shape index (κ3) is 3.01. The molecule has 0 saturated heterocycles. The van der Waals surface area contributed by atoms with E-state index in [0.29, 0.717) is 11.8 Å². The predicted octanol–water partition coefficient (Wildman–Crippen LogP) is 1.52. The largest absolute Gasteiger partial charge is 0.298 e. The second kappa shape index (κ2) is 3.98. The van der Waals surface area contributed by atoms with E-state index in [0.717, 1.165) is 6.26 Å². The average Bonchev–Trinajstić information content (AvgIpc) is 2.06. The van der Waals surface area contributed by atoms with E-state index in [1.54, 1.807) is 0 Å². The summed E-state index contributed by atoms with van der Waals surface area (Å²) in [5, 5.41) is 0.251. The molecule has 0 saturated carbocycles. The van der Waals surface area contributed by atoms with Crippen molar-refractivity contribution < 1.29 is 13.2 Å². The van der Waals surface area contributed by atoms with Crippen molar-refractivity contribution in [3.05, 3.63) is 28.8 Å². The van der Waals surface area contributed by atoms with Crippen molar-refractivity contribution in [1.82, 2.24) is 0 Å². The number of halogens is 1. The Labute approximate surface area is 86.9 Å². The number of hydrogen-bond acceptors (Lipinski definition) is 3. The Balaban J connectivity index is 3.13. The number of hydrogen-bond donors (Lipinski definition) is 1. The van der Waals surface area contributed by atoms with Crippen LogP contribution in [0.4, 0.5) is 5.69 Å². The smallest absolute Gasteiger partial charge is 0.229 e. The highest BCUT2D eigenvalue weighted by molar-refractivity contribution is 7.92. The van der Waals surface area contributed by atoms with Crippen LogP contribution in [0.2, 0.25) is 5.02 Å². The van der Waals surface area contributed by atoms with E-state index in [2.05, 4.69) is 4.72 Å². The van der Waals surface area contributed by atoms with Gasteiger partial charge in [-0.15, -0.1) is 0 Å². The molecule has 0 aliphatic rings. The van der Waals surface area contributed by atoms with Crippen molar-refractivity contribution in [2.24, 2.45) is 0 Å². The molecule has 0 spiro atoms. The Morgan fingerprint density at radius 3 is 2.57 bits per heavy atom. The quantitative estimate of drug-likeness (QED) is 0.806. The van der Waals surface area contributed by atoms with Crippen LogP contribution in [-0.2, 0) is 10.0 Å². The second-order valence-electron chi connectivity index (χ2n) is 2.73. The minimum atomic E-state index is -3.38. The molecule has 0 amide bonds. The van der Waals surface area contributed by atoms with Crippen LogP contribution in [0.3, 0.4) is 0 Å². The van der Waals surface area contributed by atoms with Crippen molar-refractivity contribution in [2.45, 2.75) is 0 Å². The van der Waals surface area contributed by atoms with Crippen molar-refractivity contribution in [2.75, 3.05) is 11.0 Å². The van der Waals surface area contributed by atoms with Gasteiger partial charge >= 0.3 is 0 Å². The van der Waals surface area contributed by atoms with Crippen LogP contribution in [0.5, 0.6) is 0 Å². The zero-order chi connectivity index (χ0) is 10.8. The van der Waals surface area contributed by atoms with Gasteiger partial charge in [-0.25, -0.2) is 8.42 Å². The summed E-state index contributed by atoms with van der Waals surface area (Å²) in [5.74, 6) is 0. The van der Waals surface area contributed by atoms with Crippen LogP contribution in [0, 0.1) is 0 Å². The monoisotopic (exact) mass is 233 g/mol. The molecule has 14 heavy (non-hydrogen) atoms. The molecule has 1 aromatic rings. The molecule has 0 unspecified atom stereocenters. The number of aldehydes is 1. The molecule has 1 aromatic carbocycles. The van der Waals surface area contributed by atoms with Crippen LogP contribution < -0.4 is 4.72 Å². The lowest BCUT2D eigenvalue weighted by Crippen LogP contribution is -2.10. The number of benzene rings is 1. The standard InChI is InChI=1S/C8H8ClNO3S/c1-14(12,13)10-8-4-6(5-11)2-3-7(8)9/h2-5,10H,1H3. The number of rotatable bonds is 3. The van der Waals surface area contributed by atoms with E-state index in [9.17, 15) is 13.2 Å². The molecule has 0 aliphatic carbocycles. The minimum absolute atomic E-state index is 0.207. The van der Waals surface area contributed by atoms with Gasteiger partial charge in [0.25, 0.3) is 0 Å². The van der Waals surface area contributed by atoms with E-state index in [-0.39, 0.29) is 10.7 Å². The summed E-state index contributed by atoms with van der Waals surface area (Å²) in [5.41, 5.74) is 0.569. The fourth-order valence-electron chi connectivity index (χ4n) is 0.894. The topological polar surface area (TPSA) is 63.2 Å². The Hall–Kier alpha value is -1.07. The SMILES string of the molecule is CS(=O)(=O)Nc1cc(C=O)ccc1Cl. The van der Waals surface area contributed by atoms with Gasteiger partial charge in [0.15, 0.2) is 0 Å². The van der Waals surface area contributed by atoms with Crippen LogP contribution >= 0.6 is 11.6 Å². The summed E-state index contributed by atoms with van der Waals surface area (Å²) in [4.78, 5) is 10.4. The lowest BCUT2D eigenvalue weighted by molar-refractivity contribution is 0.112. The maximum atomic E-state index is 10.9. The molecule has 1 rings (SSSR count). The molecule has 0 radical (unpaired) electrons. The maximum absolute atomic E-state index is 10.9. The van der Waals surface area contributed by atoms with Crippen molar-refractivity contribution in [3.8, 4) is 0 Å². The summed E-state index contributed by atoms with van der Waals surface area (Å²) < 4.78 is 24.0. The van der Waals surface area contributed by atoms with Crippen molar-refractivity contribution >= 4 is 33.6 Å².